The van der Waals surface area contributed by atoms with Gasteiger partial charge in [0.05, 0.1) is 11.5 Å². The van der Waals surface area contributed by atoms with Gasteiger partial charge in [0, 0.05) is 17.1 Å². The van der Waals surface area contributed by atoms with E-state index >= 15 is 0 Å². The van der Waals surface area contributed by atoms with Crippen LogP contribution < -0.4 is 4.90 Å². The molecule has 0 aromatic heterocycles. The molecular weight excluding hydrogens is 284 g/mol. The lowest BCUT2D eigenvalue weighted by molar-refractivity contribution is -0.384. The molecule has 7 heteroatoms. The van der Waals surface area contributed by atoms with Crippen molar-refractivity contribution in [2.75, 3.05) is 18.1 Å². The summed E-state index contributed by atoms with van der Waals surface area (Å²) in [4.78, 5) is 24.0. The molecule has 2 rings (SSSR count). The molecule has 0 N–H and O–H groups in total. The largest absolute Gasteiger partial charge is 0.465 e. The Bertz CT molecular complexity index is 531. The minimum Gasteiger partial charge on any atom is -0.465 e. The van der Waals surface area contributed by atoms with E-state index in [0.717, 1.165) is 12.8 Å². The van der Waals surface area contributed by atoms with E-state index in [4.69, 9.17) is 16.3 Å². The van der Waals surface area contributed by atoms with E-state index in [9.17, 15) is 14.9 Å². The van der Waals surface area contributed by atoms with Crippen LogP contribution in [-0.2, 0) is 9.53 Å². The van der Waals surface area contributed by atoms with Gasteiger partial charge >= 0.3 is 5.97 Å². The third kappa shape index (κ3) is 3.39. The topological polar surface area (TPSA) is 72.7 Å². The third-order valence-electron chi connectivity index (χ3n) is 3.04. The second-order valence-electron chi connectivity index (χ2n) is 4.55. The highest BCUT2D eigenvalue weighted by Gasteiger charge is 2.34. The Balaban J connectivity index is 2.29. The molecule has 0 unspecified atom stereocenters. The Morgan fingerprint density at radius 1 is 1.55 bits per heavy atom. The molecular formula is C13H15ClN2O4. The summed E-state index contributed by atoms with van der Waals surface area (Å²) >= 11 is 5.80. The number of hydrogen-bond donors (Lipinski definition) is 0. The van der Waals surface area contributed by atoms with Crippen LogP contribution in [0.5, 0.6) is 0 Å². The van der Waals surface area contributed by atoms with E-state index in [1.165, 1.54) is 6.07 Å². The first-order valence-electron chi connectivity index (χ1n) is 6.39. The van der Waals surface area contributed by atoms with E-state index in [1.807, 2.05) is 0 Å². The van der Waals surface area contributed by atoms with Gasteiger partial charge in [0.2, 0.25) is 0 Å². The SMILES string of the molecule is CCOC(=O)CN(c1ccc(Cl)cc1[N+](=O)[O-])C1CC1. The number of hydrogen-bond acceptors (Lipinski definition) is 5. The molecule has 0 atom stereocenters. The molecule has 1 aliphatic carbocycles. The average molecular weight is 299 g/mol. The maximum atomic E-state index is 11.6. The fourth-order valence-corrected chi connectivity index (χ4v) is 2.19. The molecule has 6 nitrogen and oxygen atoms in total. The van der Waals surface area contributed by atoms with Gasteiger partial charge in [0.25, 0.3) is 5.69 Å². The van der Waals surface area contributed by atoms with Gasteiger partial charge in [-0.05, 0) is 31.9 Å². The fraction of sp³-hybridized carbons (Fsp3) is 0.462. The molecule has 1 aliphatic rings. The maximum Gasteiger partial charge on any atom is 0.325 e. The summed E-state index contributed by atoms with van der Waals surface area (Å²) in [7, 11) is 0. The molecule has 20 heavy (non-hydrogen) atoms. The number of esters is 1. The number of anilines is 1. The van der Waals surface area contributed by atoms with Crippen LogP contribution in [0.2, 0.25) is 5.02 Å². The van der Waals surface area contributed by atoms with Crippen molar-refractivity contribution in [2.45, 2.75) is 25.8 Å². The number of nitrogens with zero attached hydrogens (tertiary/aromatic N) is 2. The van der Waals surface area contributed by atoms with Gasteiger partial charge in [-0.1, -0.05) is 11.6 Å². The van der Waals surface area contributed by atoms with Gasteiger partial charge in [-0.25, -0.2) is 0 Å². The molecule has 0 saturated heterocycles. The van der Waals surface area contributed by atoms with Crippen LogP contribution in [0.15, 0.2) is 18.2 Å². The highest BCUT2D eigenvalue weighted by molar-refractivity contribution is 6.30. The van der Waals surface area contributed by atoms with Crippen molar-refractivity contribution >= 4 is 28.9 Å². The van der Waals surface area contributed by atoms with E-state index in [2.05, 4.69) is 0 Å². The molecule has 108 valence electrons. The van der Waals surface area contributed by atoms with E-state index < -0.39 is 4.92 Å². The standard InChI is InChI=1S/C13H15ClN2O4/c1-2-20-13(17)8-15(10-4-5-10)11-6-3-9(14)7-12(11)16(18)19/h3,6-7,10H,2,4-5,8H2,1H3. The first kappa shape index (κ1) is 14.6. The normalized spacial score (nSPS) is 13.9. The van der Waals surface area contributed by atoms with E-state index in [1.54, 1.807) is 24.0 Å². The van der Waals surface area contributed by atoms with Crippen LogP contribution in [0.25, 0.3) is 0 Å². The smallest absolute Gasteiger partial charge is 0.325 e. The van der Waals surface area contributed by atoms with Gasteiger partial charge < -0.3 is 9.64 Å². The summed E-state index contributed by atoms with van der Waals surface area (Å²) < 4.78 is 4.92. The van der Waals surface area contributed by atoms with Crippen molar-refractivity contribution in [3.05, 3.63) is 33.3 Å². The lowest BCUT2D eigenvalue weighted by Crippen LogP contribution is -2.33. The minimum atomic E-state index is -0.484. The lowest BCUT2D eigenvalue weighted by Gasteiger charge is -2.23. The summed E-state index contributed by atoms with van der Waals surface area (Å²) in [6.45, 7) is 2.03. The Kier molecular flexibility index (Phi) is 4.44. The van der Waals surface area contributed by atoms with E-state index in [-0.39, 0.29) is 24.2 Å². The number of halogens is 1. The van der Waals surface area contributed by atoms with Crippen LogP contribution >= 0.6 is 11.6 Å². The van der Waals surface area contributed by atoms with Crippen molar-refractivity contribution in [1.29, 1.82) is 0 Å². The van der Waals surface area contributed by atoms with Gasteiger partial charge in [0.1, 0.15) is 12.2 Å². The maximum absolute atomic E-state index is 11.6. The highest BCUT2D eigenvalue weighted by atomic mass is 35.5. The van der Waals surface area contributed by atoms with Crippen molar-refractivity contribution in [3.63, 3.8) is 0 Å². The summed E-state index contributed by atoms with van der Waals surface area (Å²) in [6, 6.07) is 4.62. The van der Waals surface area contributed by atoms with Gasteiger partial charge in [0.15, 0.2) is 0 Å². The van der Waals surface area contributed by atoms with Crippen LogP contribution in [-0.4, -0.2) is 30.1 Å². The van der Waals surface area contributed by atoms with Gasteiger partial charge in [-0.15, -0.1) is 0 Å². The van der Waals surface area contributed by atoms with Crippen LogP contribution in [0, 0.1) is 10.1 Å². The number of rotatable bonds is 6. The quantitative estimate of drug-likeness (QED) is 0.459. The second-order valence-corrected chi connectivity index (χ2v) is 4.99. The Labute approximate surface area is 121 Å². The molecule has 1 fully saturated rings. The predicted molar refractivity (Wildman–Crippen MR) is 75.1 cm³/mol. The predicted octanol–water partition coefficient (Wildman–Crippen LogP) is 2.78. The van der Waals surface area contributed by atoms with Crippen molar-refractivity contribution in [3.8, 4) is 0 Å². The molecule has 0 bridgehead atoms. The fourth-order valence-electron chi connectivity index (χ4n) is 2.03. The molecule has 1 aromatic rings. The molecule has 1 aromatic carbocycles. The number of benzene rings is 1. The molecule has 0 spiro atoms. The number of carbonyl (C=O) groups is 1. The van der Waals surface area contributed by atoms with Crippen molar-refractivity contribution in [2.24, 2.45) is 0 Å². The number of nitro benzene ring substituents is 1. The Hall–Kier alpha value is -1.82. The van der Waals surface area contributed by atoms with Crippen molar-refractivity contribution < 1.29 is 14.5 Å². The summed E-state index contributed by atoms with van der Waals surface area (Å²) in [5, 5.41) is 11.4. The number of nitro groups is 1. The first-order valence-corrected chi connectivity index (χ1v) is 6.77. The zero-order valence-corrected chi connectivity index (χ0v) is 11.8. The third-order valence-corrected chi connectivity index (χ3v) is 3.27. The second kappa shape index (κ2) is 6.09. The number of carbonyl (C=O) groups excluding carboxylic acids is 1. The monoisotopic (exact) mass is 298 g/mol. The zero-order chi connectivity index (χ0) is 14.7. The van der Waals surface area contributed by atoms with Crippen LogP contribution in [0.4, 0.5) is 11.4 Å². The van der Waals surface area contributed by atoms with E-state index in [0.29, 0.717) is 17.3 Å². The first-order chi connectivity index (χ1) is 9.52. The molecule has 0 heterocycles. The molecule has 0 radical (unpaired) electrons. The lowest BCUT2D eigenvalue weighted by atomic mass is 10.2. The molecule has 0 amide bonds. The highest BCUT2D eigenvalue weighted by Crippen LogP contribution is 2.38. The molecule has 1 saturated carbocycles. The Morgan fingerprint density at radius 3 is 2.80 bits per heavy atom. The summed E-state index contributed by atoms with van der Waals surface area (Å²) in [5.41, 5.74) is 0.323. The summed E-state index contributed by atoms with van der Waals surface area (Å²) in [6.07, 6.45) is 1.83. The minimum absolute atomic E-state index is 0.0149. The Morgan fingerprint density at radius 2 is 2.25 bits per heavy atom. The molecule has 0 aliphatic heterocycles. The van der Waals surface area contributed by atoms with Crippen LogP contribution in [0.3, 0.4) is 0 Å². The van der Waals surface area contributed by atoms with Crippen LogP contribution in [0.1, 0.15) is 19.8 Å². The van der Waals surface area contributed by atoms with Gasteiger partial charge in [-0.3, -0.25) is 14.9 Å². The zero-order valence-electron chi connectivity index (χ0n) is 11.0. The summed E-state index contributed by atoms with van der Waals surface area (Å²) in [5.74, 6) is -0.386. The average Bonchev–Trinajstić information content (AvgIpc) is 3.20. The number of ether oxygens (including phenoxy) is 1. The van der Waals surface area contributed by atoms with Crippen molar-refractivity contribution in [1.82, 2.24) is 0 Å². The van der Waals surface area contributed by atoms with Gasteiger partial charge in [-0.2, -0.15) is 0 Å².